The zero-order chi connectivity index (χ0) is 20.6. The van der Waals surface area contributed by atoms with Crippen molar-refractivity contribution >= 4 is 21.9 Å². The first-order valence-electron chi connectivity index (χ1n) is 10.3. The third-order valence-electron chi connectivity index (χ3n) is 5.63. The second kappa shape index (κ2) is 7.22. The monoisotopic (exact) mass is 398 g/mol. The normalized spacial score (nSPS) is 11.2. The Kier molecular flexibility index (Phi) is 4.10. The highest BCUT2D eigenvalue weighted by Crippen LogP contribution is 2.36. The van der Waals surface area contributed by atoms with Crippen molar-refractivity contribution < 1.29 is 4.42 Å². The molecular formula is C28H18N2O. The van der Waals surface area contributed by atoms with Crippen LogP contribution in [-0.2, 0) is 0 Å². The van der Waals surface area contributed by atoms with Crippen LogP contribution in [0.15, 0.2) is 114 Å². The third-order valence-corrected chi connectivity index (χ3v) is 5.63. The molecular weight excluding hydrogens is 380 g/mol. The number of aromatic nitrogens is 2. The Labute approximate surface area is 179 Å². The molecule has 0 atom stereocenters. The fourth-order valence-electron chi connectivity index (χ4n) is 4.08. The molecule has 0 radical (unpaired) electrons. The Morgan fingerprint density at radius 1 is 0.516 bits per heavy atom. The highest BCUT2D eigenvalue weighted by molar-refractivity contribution is 6.09. The van der Waals surface area contributed by atoms with E-state index in [1.165, 1.54) is 0 Å². The minimum absolute atomic E-state index is 0.905. The van der Waals surface area contributed by atoms with E-state index in [9.17, 15) is 0 Å². The van der Waals surface area contributed by atoms with Crippen molar-refractivity contribution in [1.82, 2.24) is 9.97 Å². The van der Waals surface area contributed by atoms with Crippen LogP contribution in [0, 0.1) is 0 Å². The van der Waals surface area contributed by atoms with Gasteiger partial charge in [-0.2, -0.15) is 0 Å². The molecule has 0 amide bonds. The van der Waals surface area contributed by atoms with Gasteiger partial charge in [-0.3, -0.25) is 0 Å². The van der Waals surface area contributed by atoms with Crippen molar-refractivity contribution in [2.45, 2.75) is 0 Å². The smallest absolute Gasteiger partial charge is 0.143 e. The van der Waals surface area contributed by atoms with Crippen LogP contribution in [0.3, 0.4) is 0 Å². The lowest BCUT2D eigenvalue weighted by Crippen LogP contribution is -1.89. The van der Waals surface area contributed by atoms with Crippen molar-refractivity contribution in [1.29, 1.82) is 0 Å². The molecule has 2 aromatic heterocycles. The summed E-state index contributed by atoms with van der Waals surface area (Å²) in [4.78, 5) is 8.92. The molecule has 6 rings (SSSR count). The molecule has 0 spiro atoms. The molecule has 146 valence electrons. The van der Waals surface area contributed by atoms with E-state index in [0.717, 1.165) is 55.6 Å². The minimum Gasteiger partial charge on any atom is -0.455 e. The Morgan fingerprint density at radius 3 is 1.97 bits per heavy atom. The Bertz CT molecular complexity index is 1520. The van der Waals surface area contributed by atoms with Gasteiger partial charge in [-0.1, -0.05) is 91.0 Å². The summed E-state index contributed by atoms with van der Waals surface area (Å²) in [5.41, 5.74) is 8.00. The molecule has 3 nitrogen and oxygen atoms in total. The highest BCUT2D eigenvalue weighted by Gasteiger charge is 2.12. The van der Waals surface area contributed by atoms with Crippen LogP contribution in [0.4, 0.5) is 0 Å². The van der Waals surface area contributed by atoms with Gasteiger partial charge in [0.25, 0.3) is 0 Å². The van der Waals surface area contributed by atoms with Gasteiger partial charge < -0.3 is 4.42 Å². The number of furan rings is 1. The molecule has 31 heavy (non-hydrogen) atoms. The molecule has 0 saturated carbocycles. The Morgan fingerprint density at radius 2 is 1.16 bits per heavy atom. The van der Waals surface area contributed by atoms with Gasteiger partial charge >= 0.3 is 0 Å². The van der Waals surface area contributed by atoms with E-state index < -0.39 is 0 Å². The van der Waals surface area contributed by atoms with Gasteiger partial charge in [-0.15, -0.1) is 0 Å². The average Bonchev–Trinajstić information content (AvgIpc) is 3.24. The SMILES string of the molecule is c1ccc(-c2cc(-c3ccc(-c4cccc5c4oc4ccccc45)cc3)ncn2)cc1. The number of hydrogen-bond acceptors (Lipinski definition) is 3. The number of rotatable bonds is 3. The molecule has 4 aromatic carbocycles. The standard InChI is InChI=1S/C28H18N2O/c1-2-7-20(8-3-1)25-17-26(30-18-29-25)21-15-13-19(14-16-21)22-10-6-11-24-23-9-4-5-12-27(23)31-28(22)24/h1-18H. The highest BCUT2D eigenvalue weighted by atomic mass is 16.3. The quantitative estimate of drug-likeness (QED) is 0.312. The van der Waals surface area contributed by atoms with E-state index in [2.05, 4.69) is 70.6 Å². The van der Waals surface area contributed by atoms with Crippen LogP contribution in [0.1, 0.15) is 0 Å². The molecule has 0 unspecified atom stereocenters. The topological polar surface area (TPSA) is 38.9 Å². The fraction of sp³-hybridized carbons (Fsp3) is 0. The van der Waals surface area contributed by atoms with E-state index in [-0.39, 0.29) is 0 Å². The fourth-order valence-corrected chi connectivity index (χ4v) is 4.08. The third kappa shape index (κ3) is 3.08. The van der Waals surface area contributed by atoms with Crippen LogP contribution in [-0.4, -0.2) is 9.97 Å². The molecule has 0 N–H and O–H groups in total. The molecule has 0 bridgehead atoms. The van der Waals surface area contributed by atoms with Gasteiger partial charge in [-0.05, 0) is 17.7 Å². The molecule has 0 fully saturated rings. The summed E-state index contributed by atoms with van der Waals surface area (Å²) in [5, 5.41) is 2.28. The number of hydrogen-bond donors (Lipinski definition) is 0. The predicted octanol–water partition coefficient (Wildman–Crippen LogP) is 7.38. The zero-order valence-corrected chi connectivity index (χ0v) is 16.7. The summed E-state index contributed by atoms with van der Waals surface area (Å²) in [6.07, 6.45) is 1.63. The van der Waals surface area contributed by atoms with Crippen molar-refractivity contribution in [3.8, 4) is 33.6 Å². The zero-order valence-electron chi connectivity index (χ0n) is 16.7. The first-order chi connectivity index (χ1) is 15.4. The van der Waals surface area contributed by atoms with Gasteiger partial charge in [0, 0.05) is 27.5 Å². The molecule has 2 heterocycles. The van der Waals surface area contributed by atoms with Crippen LogP contribution < -0.4 is 0 Å². The second-order valence-corrected chi connectivity index (χ2v) is 7.51. The minimum atomic E-state index is 0.905. The lowest BCUT2D eigenvalue weighted by atomic mass is 10.00. The maximum atomic E-state index is 6.20. The Hall–Kier alpha value is -4.24. The summed E-state index contributed by atoms with van der Waals surface area (Å²) < 4.78 is 6.20. The first-order valence-corrected chi connectivity index (χ1v) is 10.3. The van der Waals surface area contributed by atoms with Gasteiger partial charge in [0.15, 0.2) is 0 Å². The van der Waals surface area contributed by atoms with E-state index in [4.69, 9.17) is 4.42 Å². The maximum Gasteiger partial charge on any atom is 0.143 e. The molecule has 0 saturated heterocycles. The number of nitrogens with zero attached hydrogens (tertiary/aromatic N) is 2. The van der Waals surface area contributed by atoms with Gasteiger partial charge in [0.1, 0.15) is 17.5 Å². The van der Waals surface area contributed by atoms with Crippen LogP contribution in [0.5, 0.6) is 0 Å². The summed E-state index contributed by atoms with van der Waals surface area (Å²) in [5.74, 6) is 0. The first kappa shape index (κ1) is 17.6. The molecule has 0 aliphatic heterocycles. The van der Waals surface area contributed by atoms with E-state index >= 15 is 0 Å². The largest absolute Gasteiger partial charge is 0.455 e. The van der Waals surface area contributed by atoms with Gasteiger partial charge in [-0.25, -0.2) is 9.97 Å². The van der Waals surface area contributed by atoms with Crippen molar-refractivity contribution in [3.05, 3.63) is 109 Å². The number of para-hydroxylation sites is 2. The molecule has 3 heteroatoms. The lowest BCUT2D eigenvalue weighted by molar-refractivity contribution is 0.670. The lowest BCUT2D eigenvalue weighted by Gasteiger charge is -2.07. The summed E-state index contributed by atoms with van der Waals surface area (Å²) in [6.45, 7) is 0. The van der Waals surface area contributed by atoms with Crippen LogP contribution >= 0.6 is 0 Å². The molecule has 6 aromatic rings. The van der Waals surface area contributed by atoms with Gasteiger partial charge in [0.05, 0.1) is 11.4 Å². The van der Waals surface area contributed by atoms with Crippen molar-refractivity contribution in [3.63, 3.8) is 0 Å². The number of benzene rings is 4. The van der Waals surface area contributed by atoms with Gasteiger partial charge in [0.2, 0.25) is 0 Å². The summed E-state index contributed by atoms with van der Waals surface area (Å²) in [7, 11) is 0. The summed E-state index contributed by atoms with van der Waals surface area (Å²) in [6, 6.07) is 35.1. The van der Waals surface area contributed by atoms with Crippen LogP contribution in [0.2, 0.25) is 0 Å². The number of fused-ring (bicyclic) bond motifs is 3. The maximum absolute atomic E-state index is 6.20. The Balaban J connectivity index is 1.40. The van der Waals surface area contributed by atoms with E-state index in [1.54, 1.807) is 6.33 Å². The predicted molar refractivity (Wildman–Crippen MR) is 126 cm³/mol. The van der Waals surface area contributed by atoms with Crippen LogP contribution in [0.25, 0.3) is 55.6 Å². The van der Waals surface area contributed by atoms with E-state index in [0.29, 0.717) is 0 Å². The van der Waals surface area contributed by atoms with Crippen molar-refractivity contribution in [2.75, 3.05) is 0 Å². The second-order valence-electron chi connectivity index (χ2n) is 7.51. The van der Waals surface area contributed by atoms with Crippen molar-refractivity contribution in [2.24, 2.45) is 0 Å². The van der Waals surface area contributed by atoms with E-state index in [1.807, 2.05) is 42.5 Å². The summed E-state index contributed by atoms with van der Waals surface area (Å²) >= 11 is 0. The molecule has 0 aliphatic rings. The average molecular weight is 398 g/mol. The molecule has 0 aliphatic carbocycles.